The second kappa shape index (κ2) is 9.83. The molecule has 4 nitrogen and oxygen atoms in total. The van der Waals surface area contributed by atoms with Gasteiger partial charge in [0.1, 0.15) is 0 Å². The summed E-state index contributed by atoms with van der Waals surface area (Å²) in [5, 5.41) is 13.2. The molecule has 1 rings (SSSR count). The van der Waals surface area contributed by atoms with Crippen LogP contribution in [0, 0.1) is 5.92 Å². The zero-order valence-corrected chi connectivity index (χ0v) is 11.0. The maximum Gasteiger partial charge on any atom is 0.0700 e. The normalized spacial score (nSPS) is 25.1. The van der Waals surface area contributed by atoms with Crippen molar-refractivity contribution in [2.75, 3.05) is 40.0 Å². The Hall–Kier alpha value is -0.160. The smallest absolute Gasteiger partial charge is 0.0700 e. The summed E-state index contributed by atoms with van der Waals surface area (Å²) in [5.74, 6) is 0.457. The average molecular weight is 245 g/mol. The third-order valence-electron chi connectivity index (χ3n) is 3.35. The van der Waals surface area contributed by atoms with Crippen molar-refractivity contribution in [1.82, 2.24) is 5.32 Å². The number of aliphatic hydroxyl groups is 1. The maximum atomic E-state index is 9.79. The van der Waals surface area contributed by atoms with Crippen LogP contribution in [0.3, 0.4) is 0 Å². The minimum Gasteiger partial charge on any atom is -0.393 e. The van der Waals surface area contributed by atoms with Crippen LogP contribution in [-0.2, 0) is 9.47 Å². The Labute approximate surface area is 105 Å². The fraction of sp³-hybridized carbons (Fsp3) is 1.00. The summed E-state index contributed by atoms with van der Waals surface area (Å²) in [7, 11) is 1.68. The molecule has 1 aliphatic rings. The Morgan fingerprint density at radius 2 is 2.00 bits per heavy atom. The Bertz CT molecular complexity index is 178. The van der Waals surface area contributed by atoms with Crippen molar-refractivity contribution in [2.45, 2.75) is 38.2 Å². The van der Waals surface area contributed by atoms with Gasteiger partial charge in [-0.05, 0) is 31.7 Å². The molecule has 2 atom stereocenters. The highest BCUT2D eigenvalue weighted by atomic mass is 16.5. The second-order valence-electron chi connectivity index (χ2n) is 4.77. The molecule has 1 aliphatic carbocycles. The number of aliphatic hydroxyl groups excluding tert-OH is 1. The molecule has 0 aromatic heterocycles. The summed E-state index contributed by atoms with van der Waals surface area (Å²) in [6, 6.07) is 0. The van der Waals surface area contributed by atoms with Gasteiger partial charge in [-0.15, -0.1) is 0 Å². The molecule has 0 radical (unpaired) electrons. The van der Waals surface area contributed by atoms with Crippen LogP contribution in [0.4, 0.5) is 0 Å². The van der Waals surface area contributed by atoms with E-state index >= 15 is 0 Å². The van der Waals surface area contributed by atoms with Gasteiger partial charge < -0.3 is 19.9 Å². The van der Waals surface area contributed by atoms with Gasteiger partial charge in [0.15, 0.2) is 0 Å². The van der Waals surface area contributed by atoms with Crippen molar-refractivity contribution in [3.05, 3.63) is 0 Å². The van der Waals surface area contributed by atoms with E-state index in [0.717, 1.165) is 32.5 Å². The summed E-state index contributed by atoms with van der Waals surface area (Å²) in [6.07, 6.45) is 5.53. The zero-order valence-electron chi connectivity index (χ0n) is 11.0. The first-order chi connectivity index (χ1) is 8.34. The van der Waals surface area contributed by atoms with E-state index in [1.807, 2.05) is 0 Å². The molecule has 1 fully saturated rings. The Morgan fingerprint density at radius 1 is 1.18 bits per heavy atom. The predicted molar refractivity (Wildman–Crippen MR) is 68.1 cm³/mol. The van der Waals surface area contributed by atoms with Crippen LogP contribution in [0.1, 0.15) is 32.1 Å². The number of hydrogen-bond acceptors (Lipinski definition) is 4. The monoisotopic (exact) mass is 245 g/mol. The fourth-order valence-corrected chi connectivity index (χ4v) is 2.26. The lowest BCUT2D eigenvalue weighted by Gasteiger charge is -2.27. The zero-order chi connectivity index (χ0) is 12.3. The van der Waals surface area contributed by atoms with Gasteiger partial charge >= 0.3 is 0 Å². The predicted octanol–water partition coefficient (Wildman–Crippen LogP) is 1.18. The van der Waals surface area contributed by atoms with E-state index in [9.17, 15) is 5.11 Å². The molecule has 0 saturated heterocycles. The quantitative estimate of drug-likeness (QED) is 0.599. The van der Waals surface area contributed by atoms with Crippen molar-refractivity contribution >= 4 is 0 Å². The van der Waals surface area contributed by atoms with Crippen molar-refractivity contribution in [3.63, 3.8) is 0 Å². The molecule has 0 aromatic carbocycles. The van der Waals surface area contributed by atoms with Crippen LogP contribution in [0.15, 0.2) is 0 Å². The lowest BCUT2D eigenvalue weighted by Crippen LogP contribution is -2.34. The molecule has 4 heteroatoms. The highest BCUT2D eigenvalue weighted by Gasteiger charge is 2.21. The van der Waals surface area contributed by atoms with Gasteiger partial charge in [0.2, 0.25) is 0 Å². The number of ether oxygens (including phenoxy) is 2. The van der Waals surface area contributed by atoms with E-state index in [1.54, 1.807) is 7.11 Å². The van der Waals surface area contributed by atoms with Crippen molar-refractivity contribution in [2.24, 2.45) is 5.92 Å². The highest BCUT2D eigenvalue weighted by molar-refractivity contribution is 4.75. The third kappa shape index (κ3) is 6.99. The van der Waals surface area contributed by atoms with E-state index in [4.69, 9.17) is 9.47 Å². The Kier molecular flexibility index (Phi) is 8.61. The van der Waals surface area contributed by atoms with E-state index in [-0.39, 0.29) is 6.10 Å². The number of rotatable bonds is 9. The lowest BCUT2D eigenvalue weighted by atomic mass is 9.86. The van der Waals surface area contributed by atoms with Gasteiger partial charge in [0.25, 0.3) is 0 Å². The van der Waals surface area contributed by atoms with Gasteiger partial charge in [-0.1, -0.05) is 12.8 Å². The molecular formula is C13H27NO3. The van der Waals surface area contributed by atoms with Gasteiger partial charge in [0, 0.05) is 20.3 Å². The Balaban J connectivity index is 1.86. The van der Waals surface area contributed by atoms with Crippen LogP contribution in [0.25, 0.3) is 0 Å². The molecule has 0 spiro atoms. The molecular weight excluding hydrogens is 218 g/mol. The first kappa shape index (κ1) is 14.9. The minimum atomic E-state index is -0.0887. The van der Waals surface area contributed by atoms with Crippen molar-refractivity contribution in [3.8, 4) is 0 Å². The molecule has 0 heterocycles. The first-order valence-electron chi connectivity index (χ1n) is 6.80. The van der Waals surface area contributed by atoms with Gasteiger partial charge in [-0.2, -0.15) is 0 Å². The molecule has 2 N–H and O–H groups in total. The molecule has 0 aromatic rings. The average Bonchev–Trinajstić information content (AvgIpc) is 2.35. The third-order valence-corrected chi connectivity index (χ3v) is 3.35. The van der Waals surface area contributed by atoms with Crippen LogP contribution in [-0.4, -0.2) is 51.2 Å². The fourth-order valence-electron chi connectivity index (χ4n) is 2.26. The summed E-state index contributed by atoms with van der Waals surface area (Å²) in [4.78, 5) is 0. The van der Waals surface area contributed by atoms with Crippen LogP contribution < -0.4 is 5.32 Å². The topological polar surface area (TPSA) is 50.7 Å². The number of nitrogens with one attached hydrogen (secondary N) is 1. The highest BCUT2D eigenvalue weighted by Crippen LogP contribution is 2.23. The van der Waals surface area contributed by atoms with E-state index in [1.165, 1.54) is 19.3 Å². The molecule has 0 amide bonds. The molecule has 102 valence electrons. The molecule has 0 aliphatic heterocycles. The lowest BCUT2D eigenvalue weighted by molar-refractivity contribution is 0.0641. The maximum absolute atomic E-state index is 9.79. The van der Waals surface area contributed by atoms with Gasteiger partial charge in [-0.3, -0.25) is 0 Å². The molecule has 0 bridgehead atoms. The molecule has 1 saturated carbocycles. The van der Waals surface area contributed by atoms with Crippen LogP contribution in [0.5, 0.6) is 0 Å². The summed E-state index contributed by atoms with van der Waals surface area (Å²) < 4.78 is 10.3. The largest absolute Gasteiger partial charge is 0.393 e. The standard InChI is InChI=1S/C13H27NO3/c1-16-9-10-17-8-4-7-14-11-12-5-2-3-6-13(12)15/h12-15H,2-11H2,1H3. The first-order valence-corrected chi connectivity index (χ1v) is 6.80. The molecule has 2 unspecified atom stereocenters. The van der Waals surface area contributed by atoms with Gasteiger partial charge in [-0.25, -0.2) is 0 Å². The summed E-state index contributed by atoms with van der Waals surface area (Å²) in [5.41, 5.74) is 0. The SMILES string of the molecule is COCCOCCCNCC1CCCCC1O. The van der Waals surface area contributed by atoms with Crippen LogP contribution in [0.2, 0.25) is 0 Å². The Morgan fingerprint density at radius 3 is 2.76 bits per heavy atom. The second-order valence-corrected chi connectivity index (χ2v) is 4.77. The molecule has 17 heavy (non-hydrogen) atoms. The van der Waals surface area contributed by atoms with Crippen molar-refractivity contribution < 1.29 is 14.6 Å². The summed E-state index contributed by atoms with van der Waals surface area (Å²) >= 11 is 0. The van der Waals surface area contributed by atoms with Crippen molar-refractivity contribution in [1.29, 1.82) is 0 Å². The van der Waals surface area contributed by atoms with E-state index in [2.05, 4.69) is 5.32 Å². The summed E-state index contributed by atoms with van der Waals surface area (Å²) in [6.45, 7) is 4.04. The number of methoxy groups -OCH3 is 1. The number of hydrogen-bond donors (Lipinski definition) is 2. The van der Waals surface area contributed by atoms with E-state index in [0.29, 0.717) is 19.1 Å². The van der Waals surface area contributed by atoms with Gasteiger partial charge in [0.05, 0.1) is 19.3 Å². The van der Waals surface area contributed by atoms with Crippen LogP contribution >= 0.6 is 0 Å². The minimum absolute atomic E-state index is 0.0887. The van der Waals surface area contributed by atoms with E-state index < -0.39 is 0 Å².